The van der Waals surface area contributed by atoms with Crippen molar-refractivity contribution in [1.82, 2.24) is 4.90 Å². The predicted octanol–water partition coefficient (Wildman–Crippen LogP) is 0.820. The Morgan fingerprint density at radius 2 is 1.90 bits per heavy atom. The molecule has 0 saturated carbocycles. The Kier molecular flexibility index (Phi) is 4.68. The molecular weight excluding hydrogens is 276 g/mol. The normalized spacial score (nSPS) is 10.2. The minimum atomic E-state index is -1.44. The molecule has 0 atom stereocenters. The molecule has 1 aromatic carbocycles. The number of carbonyl (C=O) groups is 2. The van der Waals surface area contributed by atoms with E-state index in [0.717, 1.165) is 4.90 Å². The largest absolute Gasteiger partial charge is 0.368 e. The van der Waals surface area contributed by atoms with Crippen molar-refractivity contribution in [2.75, 3.05) is 13.1 Å². The number of carbonyl (C=O) groups excluding carboxylic acids is 2. The molecule has 1 rings (SSSR count). The number of nitro benzene ring substituents is 1. The summed E-state index contributed by atoms with van der Waals surface area (Å²) in [5, 5.41) is 10.8. The predicted molar refractivity (Wildman–Crippen MR) is 63.8 cm³/mol. The van der Waals surface area contributed by atoms with Crippen LogP contribution in [0.2, 0.25) is 0 Å². The second-order valence-corrected chi connectivity index (χ2v) is 3.83. The summed E-state index contributed by atoms with van der Waals surface area (Å²) in [6.07, 6.45) is 0. The molecule has 0 bridgehead atoms. The molecule has 0 heterocycles. The number of nitrogens with two attached hydrogens (primary N) is 1. The van der Waals surface area contributed by atoms with E-state index in [-0.39, 0.29) is 6.54 Å². The van der Waals surface area contributed by atoms with E-state index in [1.54, 1.807) is 0 Å². The summed E-state index contributed by atoms with van der Waals surface area (Å²) in [5.74, 6) is -4.64. The van der Waals surface area contributed by atoms with Gasteiger partial charge in [-0.3, -0.25) is 19.7 Å². The van der Waals surface area contributed by atoms with E-state index in [4.69, 9.17) is 5.73 Å². The lowest BCUT2D eigenvalue weighted by atomic mass is 10.1. The summed E-state index contributed by atoms with van der Waals surface area (Å²) in [6, 6.07) is 0.750. The number of halogens is 2. The number of primary amides is 1. The highest BCUT2D eigenvalue weighted by Gasteiger charge is 2.27. The highest BCUT2D eigenvalue weighted by Crippen LogP contribution is 2.23. The van der Waals surface area contributed by atoms with E-state index < -0.39 is 46.2 Å². The molecule has 108 valence electrons. The van der Waals surface area contributed by atoms with Crippen LogP contribution in [-0.4, -0.2) is 34.7 Å². The Morgan fingerprint density at radius 3 is 2.35 bits per heavy atom. The average molecular weight is 287 g/mol. The molecule has 0 radical (unpaired) electrons. The molecule has 0 aliphatic rings. The van der Waals surface area contributed by atoms with E-state index in [1.807, 2.05) is 0 Å². The van der Waals surface area contributed by atoms with Crippen molar-refractivity contribution in [3.05, 3.63) is 39.4 Å². The number of hydrogen-bond donors (Lipinski definition) is 1. The molecule has 0 aliphatic heterocycles. The van der Waals surface area contributed by atoms with Crippen molar-refractivity contribution in [3.8, 4) is 0 Å². The van der Waals surface area contributed by atoms with Crippen molar-refractivity contribution in [2.45, 2.75) is 6.92 Å². The first-order valence-electron chi connectivity index (χ1n) is 5.49. The molecule has 0 aromatic heterocycles. The van der Waals surface area contributed by atoms with Crippen molar-refractivity contribution in [1.29, 1.82) is 0 Å². The van der Waals surface area contributed by atoms with Crippen molar-refractivity contribution in [3.63, 3.8) is 0 Å². The molecule has 2 amide bonds. The Morgan fingerprint density at radius 1 is 1.35 bits per heavy atom. The fourth-order valence-electron chi connectivity index (χ4n) is 1.54. The topological polar surface area (TPSA) is 107 Å². The summed E-state index contributed by atoms with van der Waals surface area (Å²) in [6.45, 7) is 1.05. The second-order valence-electron chi connectivity index (χ2n) is 3.83. The number of likely N-dealkylation sites (N-methyl/N-ethyl adjacent to an activating group) is 1. The average Bonchev–Trinajstić information content (AvgIpc) is 2.37. The zero-order chi connectivity index (χ0) is 15.4. The summed E-state index contributed by atoms with van der Waals surface area (Å²) in [4.78, 5) is 33.5. The van der Waals surface area contributed by atoms with Gasteiger partial charge >= 0.3 is 0 Å². The van der Waals surface area contributed by atoms with E-state index in [2.05, 4.69) is 0 Å². The third kappa shape index (κ3) is 3.25. The minimum Gasteiger partial charge on any atom is -0.368 e. The number of hydrogen-bond acceptors (Lipinski definition) is 4. The molecule has 2 N–H and O–H groups in total. The number of amides is 2. The minimum absolute atomic E-state index is 0.0257. The van der Waals surface area contributed by atoms with Crippen molar-refractivity contribution in [2.24, 2.45) is 5.73 Å². The summed E-state index contributed by atoms with van der Waals surface area (Å²) < 4.78 is 26.2. The smallest absolute Gasteiger partial charge is 0.285 e. The molecule has 0 fully saturated rings. The zero-order valence-corrected chi connectivity index (χ0v) is 10.4. The maximum absolute atomic E-state index is 13.2. The van der Waals surface area contributed by atoms with Crippen LogP contribution < -0.4 is 5.73 Å². The zero-order valence-electron chi connectivity index (χ0n) is 10.4. The fourth-order valence-corrected chi connectivity index (χ4v) is 1.54. The van der Waals surface area contributed by atoms with Gasteiger partial charge in [-0.15, -0.1) is 0 Å². The van der Waals surface area contributed by atoms with Crippen LogP contribution in [-0.2, 0) is 4.79 Å². The highest BCUT2D eigenvalue weighted by atomic mass is 19.2. The molecule has 0 unspecified atom stereocenters. The van der Waals surface area contributed by atoms with E-state index in [0.29, 0.717) is 12.1 Å². The Balaban J connectivity index is 3.29. The van der Waals surface area contributed by atoms with Crippen molar-refractivity contribution >= 4 is 17.5 Å². The summed E-state index contributed by atoms with van der Waals surface area (Å²) in [7, 11) is 0. The van der Waals surface area contributed by atoms with Gasteiger partial charge in [-0.25, -0.2) is 8.78 Å². The standard InChI is InChI=1S/C11H11F2N3O4/c1-2-15(5-10(14)17)11(18)6-3-7(12)8(13)4-9(6)16(19)20/h3-4H,2,5H2,1H3,(H2,14,17). The van der Waals surface area contributed by atoms with Crippen molar-refractivity contribution < 1.29 is 23.3 Å². The maximum Gasteiger partial charge on any atom is 0.285 e. The van der Waals surface area contributed by atoms with Crippen LogP contribution in [0.5, 0.6) is 0 Å². The van der Waals surface area contributed by atoms with E-state index in [1.165, 1.54) is 6.92 Å². The number of nitrogens with zero attached hydrogens (tertiary/aromatic N) is 2. The maximum atomic E-state index is 13.2. The number of nitro groups is 1. The van der Waals surface area contributed by atoms with Crippen LogP contribution in [0.25, 0.3) is 0 Å². The summed E-state index contributed by atoms with van der Waals surface area (Å²) >= 11 is 0. The van der Waals surface area contributed by atoms with Crippen LogP contribution in [0.4, 0.5) is 14.5 Å². The van der Waals surface area contributed by atoms with Gasteiger partial charge in [0.15, 0.2) is 11.6 Å². The SMILES string of the molecule is CCN(CC(N)=O)C(=O)c1cc(F)c(F)cc1[N+](=O)[O-]. The Hall–Kier alpha value is -2.58. The molecule has 0 saturated heterocycles. The van der Waals surface area contributed by atoms with E-state index in [9.17, 15) is 28.5 Å². The van der Waals surface area contributed by atoms with Crippen LogP contribution in [0, 0.1) is 21.7 Å². The van der Waals surface area contributed by atoms with Gasteiger partial charge in [0.05, 0.1) is 17.5 Å². The van der Waals surface area contributed by atoms with Crippen LogP contribution >= 0.6 is 0 Å². The molecule has 9 heteroatoms. The Bertz CT molecular complexity index is 577. The fraction of sp³-hybridized carbons (Fsp3) is 0.273. The van der Waals surface area contributed by atoms with Gasteiger partial charge < -0.3 is 10.6 Å². The highest BCUT2D eigenvalue weighted by molar-refractivity contribution is 5.99. The van der Waals surface area contributed by atoms with Gasteiger partial charge in [-0.1, -0.05) is 0 Å². The first kappa shape index (κ1) is 15.5. The van der Waals surface area contributed by atoms with Gasteiger partial charge in [0.25, 0.3) is 11.6 Å². The molecular formula is C11H11F2N3O4. The molecule has 7 nitrogen and oxygen atoms in total. The molecule has 0 aliphatic carbocycles. The molecule has 0 spiro atoms. The third-order valence-electron chi connectivity index (χ3n) is 2.48. The molecule has 1 aromatic rings. The van der Waals surface area contributed by atoms with Gasteiger partial charge in [0, 0.05) is 6.54 Å². The van der Waals surface area contributed by atoms with Gasteiger partial charge in [0.2, 0.25) is 5.91 Å². The first-order chi connectivity index (χ1) is 9.27. The molecule has 20 heavy (non-hydrogen) atoms. The lowest BCUT2D eigenvalue weighted by Gasteiger charge is -2.18. The second kappa shape index (κ2) is 6.04. The number of benzene rings is 1. The van der Waals surface area contributed by atoms with Crippen LogP contribution in [0.3, 0.4) is 0 Å². The van der Waals surface area contributed by atoms with Gasteiger partial charge in [0.1, 0.15) is 5.56 Å². The lowest BCUT2D eigenvalue weighted by molar-refractivity contribution is -0.385. The summed E-state index contributed by atoms with van der Waals surface area (Å²) in [5.41, 5.74) is 3.42. The lowest BCUT2D eigenvalue weighted by Crippen LogP contribution is -2.38. The third-order valence-corrected chi connectivity index (χ3v) is 2.48. The van der Waals surface area contributed by atoms with Crippen LogP contribution in [0.1, 0.15) is 17.3 Å². The van der Waals surface area contributed by atoms with Crippen LogP contribution in [0.15, 0.2) is 12.1 Å². The van der Waals surface area contributed by atoms with E-state index >= 15 is 0 Å². The Labute approximate surface area is 112 Å². The number of rotatable bonds is 5. The quantitative estimate of drug-likeness (QED) is 0.639. The first-order valence-corrected chi connectivity index (χ1v) is 5.49. The monoisotopic (exact) mass is 287 g/mol. The van der Waals surface area contributed by atoms with Gasteiger partial charge in [-0.2, -0.15) is 0 Å². The van der Waals surface area contributed by atoms with Gasteiger partial charge in [-0.05, 0) is 13.0 Å².